The first-order chi connectivity index (χ1) is 16.0. The van der Waals surface area contributed by atoms with Crippen LogP contribution in [0.2, 0.25) is 0 Å². The number of amidine groups is 1. The van der Waals surface area contributed by atoms with E-state index >= 15 is 0 Å². The van der Waals surface area contributed by atoms with E-state index in [1.165, 1.54) is 4.88 Å². The molecule has 0 saturated carbocycles. The van der Waals surface area contributed by atoms with Gasteiger partial charge in [-0.3, -0.25) is 15.7 Å². The third-order valence-electron chi connectivity index (χ3n) is 5.20. The normalized spacial score (nSPS) is 11.6. The molecule has 0 unspecified atom stereocenters. The Bertz CT molecular complexity index is 1030. The molecule has 0 aliphatic rings. The average molecular weight is 468 g/mol. The van der Waals surface area contributed by atoms with Gasteiger partial charge in [0.05, 0.1) is 23.9 Å². The van der Waals surface area contributed by atoms with Gasteiger partial charge in [0.2, 0.25) is 0 Å². The predicted octanol–water partition coefficient (Wildman–Crippen LogP) is 6.23. The molecular weight excluding hydrogens is 434 g/mol. The SMILES string of the molecule is CN=C(NO)c1ccc(OCCCCCOc2ccc(-c3nc(C)sc3C(C)C)cc2)cc1. The number of unbranched alkanes of at least 4 members (excludes halogenated alkanes) is 2. The van der Waals surface area contributed by atoms with Crippen LogP contribution in [-0.4, -0.2) is 36.3 Å². The summed E-state index contributed by atoms with van der Waals surface area (Å²) in [6.07, 6.45) is 2.98. The number of aryl methyl sites for hydroxylation is 1. The van der Waals surface area contributed by atoms with Gasteiger partial charge in [0, 0.05) is 23.1 Å². The molecule has 0 saturated heterocycles. The van der Waals surface area contributed by atoms with Gasteiger partial charge in [-0.05, 0) is 80.6 Å². The number of nitrogens with zero attached hydrogens (tertiary/aromatic N) is 2. The molecule has 0 aliphatic heterocycles. The Labute approximate surface area is 200 Å². The van der Waals surface area contributed by atoms with Gasteiger partial charge in [-0.1, -0.05) is 13.8 Å². The van der Waals surface area contributed by atoms with Gasteiger partial charge in [-0.25, -0.2) is 4.98 Å². The molecule has 0 atom stereocenters. The molecule has 2 N–H and O–H groups in total. The van der Waals surface area contributed by atoms with E-state index in [2.05, 4.69) is 43.4 Å². The zero-order chi connectivity index (χ0) is 23.6. The number of hydrogen-bond acceptors (Lipinski definition) is 6. The Balaban J connectivity index is 1.35. The topological polar surface area (TPSA) is 76.0 Å². The predicted molar refractivity (Wildman–Crippen MR) is 135 cm³/mol. The van der Waals surface area contributed by atoms with E-state index in [4.69, 9.17) is 19.7 Å². The van der Waals surface area contributed by atoms with Gasteiger partial charge in [0.15, 0.2) is 5.84 Å². The number of hydroxylamine groups is 1. The van der Waals surface area contributed by atoms with Gasteiger partial charge in [-0.15, -0.1) is 11.3 Å². The Hall–Kier alpha value is -2.90. The Kier molecular flexibility index (Phi) is 9.27. The number of hydrogen-bond donors (Lipinski definition) is 2. The number of ether oxygens (including phenoxy) is 2. The van der Waals surface area contributed by atoms with Crippen LogP contribution >= 0.6 is 11.3 Å². The zero-order valence-electron chi connectivity index (χ0n) is 19.8. The van der Waals surface area contributed by atoms with E-state index < -0.39 is 0 Å². The van der Waals surface area contributed by atoms with Crippen LogP contribution in [0.4, 0.5) is 0 Å². The number of nitrogens with one attached hydrogen (secondary N) is 1. The first kappa shape index (κ1) is 24.7. The lowest BCUT2D eigenvalue weighted by atomic mass is 10.1. The van der Waals surface area contributed by atoms with E-state index in [1.807, 2.05) is 36.4 Å². The summed E-state index contributed by atoms with van der Waals surface area (Å²) < 4.78 is 11.7. The fourth-order valence-electron chi connectivity index (χ4n) is 3.46. The zero-order valence-corrected chi connectivity index (χ0v) is 20.6. The lowest BCUT2D eigenvalue weighted by molar-refractivity contribution is 0.235. The van der Waals surface area contributed by atoms with E-state index in [-0.39, 0.29) is 0 Å². The maximum Gasteiger partial charge on any atom is 0.151 e. The summed E-state index contributed by atoms with van der Waals surface area (Å²) in [5.41, 5.74) is 5.13. The monoisotopic (exact) mass is 467 g/mol. The molecule has 0 aliphatic carbocycles. The van der Waals surface area contributed by atoms with Crippen molar-refractivity contribution in [2.45, 2.75) is 46.0 Å². The van der Waals surface area contributed by atoms with Crippen LogP contribution in [0.5, 0.6) is 11.5 Å². The molecule has 0 spiro atoms. The second-order valence-corrected chi connectivity index (χ2v) is 9.33. The molecule has 3 aromatic rings. The molecule has 2 aromatic carbocycles. The summed E-state index contributed by atoms with van der Waals surface area (Å²) in [6.45, 7) is 7.83. The first-order valence-corrected chi connectivity index (χ1v) is 12.1. The van der Waals surface area contributed by atoms with Crippen molar-refractivity contribution in [2.24, 2.45) is 4.99 Å². The maximum atomic E-state index is 9.03. The van der Waals surface area contributed by atoms with Crippen molar-refractivity contribution in [3.8, 4) is 22.8 Å². The minimum Gasteiger partial charge on any atom is -0.494 e. The third-order valence-corrected chi connectivity index (χ3v) is 6.47. The molecule has 0 fully saturated rings. The van der Waals surface area contributed by atoms with Gasteiger partial charge in [-0.2, -0.15) is 0 Å². The highest BCUT2D eigenvalue weighted by atomic mass is 32.1. The molecular formula is C26H33N3O3S. The largest absolute Gasteiger partial charge is 0.494 e. The van der Waals surface area contributed by atoms with Crippen LogP contribution in [0.3, 0.4) is 0 Å². The lowest BCUT2D eigenvalue weighted by Gasteiger charge is -2.09. The van der Waals surface area contributed by atoms with E-state index in [1.54, 1.807) is 18.4 Å². The Morgan fingerprint density at radius 3 is 2.06 bits per heavy atom. The highest BCUT2D eigenvalue weighted by molar-refractivity contribution is 7.12. The van der Waals surface area contributed by atoms with E-state index in [0.29, 0.717) is 25.0 Å². The number of rotatable bonds is 11. The first-order valence-electron chi connectivity index (χ1n) is 11.3. The number of benzene rings is 2. The highest BCUT2D eigenvalue weighted by Gasteiger charge is 2.14. The van der Waals surface area contributed by atoms with E-state index in [9.17, 15) is 0 Å². The van der Waals surface area contributed by atoms with Crippen LogP contribution in [0, 0.1) is 6.92 Å². The van der Waals surface area contributed by atoms with E-state index in [0.717, 1.165) is 52.6 Å². The standard InChI is InChI=1S/C26H33N3O3S/c1-18(2)25-24(28-19(3)33-25)20-8-12-22(13-9-20)31-16-6-5-7-17-32-23-14-10-21(11-15-23)26(27-4)29-30/h8-15,18,30H,5-7,16-17H2,1-4H3,(H,27,29). The van der Waals surface area contributed by atoms with Crippen molar-refractivity contribution >= 4 is 17.2 Å². The molecule has 0 amide bonds. The minimum absolute atomic E-state index is 0.426. The summed E-state index contributed by atoms with van der Waals surface area (Å²) in [7, 11) is 1.62. The summed E-state index contributed by atoms with van der Waals surface area (Å²) >= 11 is 1.78. The Morgan fingerprint density at radius 1 is 0.970 bits per heavy atom. The molecule has 0 radical (unpaired) electrons. The number of thiazole rings is 1. The third kappa shape index (κ3) is 7.04. The number of aliphatic imine (C=N–C) groups is 1. The summed E-state index contributed by atoms with van der Waals surface area (Å²) in [4.78, 5) is 10.0. The summed E-state index contributed by atoms with van der Waals surface area (Å²) in [5.74, 6) is 2.59. The van der Waals surface area contributed by atoms with Crippen molar-refractivity contribution in [2.75, 3.05) is 20.3 Å². The molecule has 6 nitrogen and oxygen atoms in total. The molecule has 1 aromatic heterocycles. The second-order valence-electron chi connectivity index (χ2n) is 8.09. The summed E-state index contributed by atoms with van der Waals surface area (Å²) in [5, 5.41) is 10.1. The minimum atomic E-state index is 0.426. The quantitative estimate of drug-likeness (QED) is 0.151. The van der Waals surface area contributed by atoms with Crippen LogP contribution in [0.15, 0.2) is 53.5 Å². The average Bonchev–Trinajstić information content (AvgIpc) is 3.22. The molecule has 0 bridgehead atoms. The van der Waals surface area contributed by atoms with Crippen LogP contribution < -0.4 is 15.0 Å². The molecule has 176 valence electrons. The molecule has 3 rings (SSSR count). The van der Waals surface area contributed by atoms with Crippen molar-refractivity contribution < 1.29 is 14.7 Å². The lowest BCUT2D eigenvalue weighted by Crippen LogP contribution is -2.19. The van der Waals surface area contributed by atoms with Gasteiger partial charge in [0.25, 0.3) is 0 Å². The van der Waals surface area contributed by atoms with Gasteiger partial charge >= 0.3 is 0 Å². The molecule has 33 heavy (non-hydrogen) atoms. The Morgan fingerprint density at radius 2 is 1.55 bits per heavy atom. The molecule has 7 heteroatoms. The van der Waals surface area contributed by atoms with Crippen molar-refractivity contribution in [3.63, 3.8) is 0 Å². The fourth-order valence-corrected chi connectivity index (χ4v) is 4.41. The molecule has 1 heterocycles. The van der Waals surface area contributed by atoms with Crippen molar-refractivity contribution in [1.29, 1.82) is 0 Å². The van der Waals surface area contributed by atoms with Crippen LogP contribution in [0.1, 0.15) is 54.5 Å². The van der Waals surface area contributed by atoms with Gasteiger partial charge < -0.3 is 9.47 Å². The van der Waals surface area contributed by atoms with Crippen LogP contribution in [0.25, 0.3) is 11.3 Å². The second kappa shape index (κ2) is 12.4. The van der Waals surface area contributed by atoms with Crippen LogP contribution in [-0.2, 0) is 0 Å². The van der Waals surface area contributed by atoms with Gasteiger partial charge in [0.1, 0.15) is 11.5 Å². The maximum absolute atomic E-state index is 9.03. The van der Waals surface area contributed by atoms with Crippen molar-refractivity contribution in [1.82, 2.24) is 10.5 Å². The number of aromatic nitrogens is 1. The smallest absolute Gasteiger partial charge is 0.151 e. The summed E-state index contributed by atoms with van der Waals surface area (Å²) in [6, 6.07) is 15.7. The fraction of sp³-hybridized carbons (Fsp3) is 0.385. The highest BCUT2D eigenvalue weighted by Crippen LogP contribution is 2.34. The van der Waals surface area contributed by atoms with Crippen molar-refractivity contribution in [3.05, 3.63) is 64.0 Å².